The zero-order chi connectivity index (χ0) is 14.4. The van der Waals surface area contributed by atoms with Gasteiger partial charge in [0.2, 0.25) is 5.91 Å². The Kier molecular flexibility index (Phi) is 4.85. The molecule has 0 saturated heterocycles. The highest BCUT2D eigenvalue weighted by Crippen LogP contribution is 2.27. The van der Waals surface area contributed by atoms with Crippen molar-refractivity contribution in [2.24, 2.45) is 0 Å². The first kappa shape index (κ1) is 14.2. The molecule has 104 valence electrons. The minimum absolute atomic E-state index is 0.166. The number of hydrogen-bond acceptors (Lipinski definition) is 3. The Morgan fingerprint density at radius 2 is 1.95 bits per heavy atom. The fourth-order valence-electron chi connectivity index (χ4n) is 1.71. The zero-order valence-electron chi connectivity index (χ0n) is 11.0. The van der Waals surface area contributed by atoms with Crippen LogP contribution in [0.4, 0.5) is 11.4 Å². The van der Waals surface area contributed by atoms with Crippen LogP contribution in [0.15, 0.2) is 48.5 Å². The highest BCUT2D eigenvalue weighted by Gasteiger charge is 2.08. The first-order chi connectivity index (χ1) is 9.69. The van der Waals surface area contributed by atoms with Crippen molar-refractivity contribution < 1.29 is 9.53 Å². The number of ether oxygens (including phenoxy) is 1. The summed E-state index contributed by atoms with van der Waals surface area (Å²) < 4.78 is 5.17. The van der Waals surface area contributed by atoms with Crippen molar-refractivity contribution in [3.8, 4) is 5.75 Å². The summed E-state index contributed by atoms with van der Waals surface area (Å²) in [5, 5.41) is 6.33. The van der Waals surface area contributed by atoms with Crippen molar-refractivity contribution >= 4 is 28.9 Å². The van der Waals surface area contributed by atoms with Crippen LogP contribution in [0.3, 0.4) is 0 Å². The Morgan fingerprint density at radius 3 is 2.65 bits per heavy atom. The molecular formula is C15H15ClN2O2. The largest absolute Gasteiger partial charge is 0.495 e. The molecule has 0 atom stereocenters. The molecule has 0 aliphatic heterocycles. The topological polar surface area (TPSA) is 50.4 Å². The number of carbonyl (C=O) groups excluding carboxylic acids is 1. The SMILES string of the molecule is COc1ccc(Cl)cc1NC(=O)CNc1ccccc1. The van der Waals surface area contributed by atoms with Crippen LogP contribution >= 0.6 is 11.6 Å². The summed E-state index contributed by atoms with van der Waals surface area (Å²) in [6, 6.07) is 14.6. The lowest BCUT2D eigenvalue weighted by Crippen LogP contribution is -2.22. The van der Waals surface area contributed by atoms with Gasteiger partial charge in [0.15, 0.2) is 0 Å². The number of rotatable bonds is 5. The quantitative estimate of drug-likeness (QED) is 0.887. The van der Waals surface area contributed by atoms with Crippen LogP contribution in [0.25, 0.3) is 0 Å². The molecule has 0 radical (unpaired) electrons. The first-order valence-electron chi connectivity index (χ1n) is 6.11. The molecule has 4 nitrogen and oxygen atoms in total. The second-order valence-electron chi connectivity index (χ2n) is 4.11. The van der Waals surface area contributed by atoms with Crippen molar-refractivity contribution in [3.05, 3.63) is 53.6 Å². The number of anilines is 2. The van der Waals surface area contributed by atoms with Gasteiger partial charge in [-0.15, -0.1) is 0 Å². The average molecular weight is 291 g/mol. The molecule has 2 aromatic rings. The third-order valence-electron chi connectivity index (χ3n) is 2.66. The van der Waals surface area contributed by atoms with Crippen LogP contribution in [0.1, 0.15) is 0 Å². The van der Waals surface area contributed by atoms with E-state index in [1.54, 1.807) is 25.3 Å². The smallest absolute Gasteiger partial charge is 0.243 e. The summed E-state index contributed by atoms with van der Waals surface area (Å²) in [5.74, 6) is 0.400. The number of nitrogens with one attached hydrogen (secondary N) is 2. The number of benzene rings is 2. The van der Waals surface area contributed by atoms with E-state index in [2.05, 4.69) is 10.6 Å². The predicted octanol–water partition coefficient (Wildman–Crippen LogP) is 3.40. The van der Waals surface area contributed by atoms with Gasteiger partial charge >= 0.3 is 0 Å². The lowest BCUT2D eigenvalue weighted by atomic mass is 10.3. The summed E-state index contributed by atoms with van der Waals surface area (Å²) in [7, 11) is 1.54. The number of hydrogen-bond donors (Lipinski definition) is 2. The summed E-state index contributed by atoms with van der Waals surface area (Å²) in [4.78, 5) is 11.9. The van der Waals surface area contributed by atoms with E-state index in [0.29, 0.717) is 16.5 Å². The number of halogens is 1. The van der Waals surface area contributed by atoms with Crippen molar-refractivity contribution in [1.29, 1.82) is 0 Å². The molecule has 0 aromatic heterocycles. The van der Waals surface area contributed by atoms with E-state index in [0.717, 1.165) is 5.69 Å². The Balaban J connectivity index is 1.96. The Hall–Kier alpha value is -2.20. The van der Waals surface area contributed by atoms with Gasteiger partial charge in [-0.25, -0.2) is 0 Å². The highest BCUT2D eigenvalue weighted by atomic mass is 35.5. The highest BCUT2D eigenvalue weighted by molar-refractivity contribution is 6.31. The third kappa shape index (κ3) is 3.90. The van der Waals surface area contributed by atoms with E-state index in [4.69, 9.17) is 16.3 Å². The van der Waals surface area contributed by atoms with Gasteiger partial charge in [0.25, 0.3) is 0 Å². The van der Waals surface area contributed by atoms with Gasteiger partial charge in [0.1, 0.15) is 5.75 Å². The van der Waals surface area contributed by atoms with E-state index in [9.17, 15) is 4.79 Å². The van der Waals surface area contributed by atoms with Gasteiger partial charge in [-0.3, -0.25) is 4.79 Å². The number of amides is 1. The standard InChI is InChI=1S/C15H15ClN2O2/c1-20-14-8-7-11(16)9-13(14)18-15(19)10-17-12-5-3-2-4-6-12/h2-9,17H,10H2,1H3,(H,18,19). The number of para-hydroxylation sites is 1. The number of carbonyl (C=O) groups is 1. The molecule has 20 heavy (non-hydrogen) atoms. The molecular weight excluding hydrogens is 276 g/mol. The van der Waals surface area contributed by atoms with E-state index >= 15 is 0 Å². The van der Waals surface area contributed by atoms with E-state index < -0.39 is 0 Å². The van der Waals surface area contributed by atoms with Crippen LogP contribution < -0.4 is 15.4 Å². The molecule has 0 fully saturated rings. The molecule has 1 amide bonds. The normalized spacial score (nSPS) is 9.90. The molecule has 2 aromatic carbocycles. The molecule has 0 heterocycles. The molecule has 0 saturated carbocycles. The molecule has 0 unspecified atom stereocenters. The number of methoxy groups -OCH3 is 1. The van der Waals surface area contributed by atoms with E-state index in [-0.39, 0.29) is 12.5 Å². The fourth-order valence-corrected chi connectivity index (χ4v) is 1.88. The van der Waals surface area contributed by atoms with Crippen LogP contribution in [-0.4, -0.2) is 19.6 Å². The minimum atomic E-state index is -0.172. The average Bonchev–Trinajstić information content (AvgIpc) is 2.46. The van der Waals surface area contributed by atoms with Crippen LogP contribution in [-0.2, 0) is 4.79 Å². The maximum Gasteiger partial charge on any atom is 0.243 e. The van der Waals surface area contributed by atoms with Gasteiger partial charge in [-0.05, 0) is 30.3 Å². The van der Waals surface area contributed by atoms with Crippen molar-refractivity contribution in [2.45, 2.75) is 0 Å². The zero-order valence-corrected chi connectivity index (χ0v) is 11.8. The van der Waals surface area contributed by atoms with Crippen LogP contribution in [0.5, 0.6) is 5.75 Å². The monoisotopic (exact) mass is 290 g/mol. The maximum absolute atomic E-state index is 11.9. The van der Waals surface area contributed by atoms with Crippen molar-refractivity contribution in [1.82, 2.24) is 0 Å². The molecule has 0 aliphatic rings. The third-order valence-corrected chi connectivity index (χ3v) is 2.90. The van der Waals surface area contributed by atoms with Gasteiger partial charge in [-0.1, -0.05) is 29.8 Å². The van der Waals surface area contributed by atoms with Crippen LogP contribution in [0, 0.1) is 0 Å². The van der Waals surface area contributed by atoms with E-state index in [1.807, 2.05) is 30.3 Å². The lowest BCUT2D eigenvalue weighted by Gasteiger charge is -2.11. The molecule has 0 aliphatic carbocycles. The van der Waals surface area contributed by atoms with Gasteiger partial charge < -0.3 is 15.4 Å². The second-order valence-corrected chi connectivity index (χ2v) is 4.55. The fraction of sp³-hybridized carbons (Fsp3) is 0.133. The summed E-state index contributed by atoms with van der Waals surface area (Å²) in [6.07, 6.45) is 0. The van der Waals surface area contributed by atoms with Gasteiger partial charge in [-0.2, -0.15) is 0 Å². The second kappa shape index (κ2) is 6.82. The Labute approximate surface area is 122 Å². The maximum atomic E-state index is 11.9. The Morgan fingerprint density at radius 1 is 1.20 bits per heavy atom. The molecule has 0 spiro atoms. The van der Waals surface area contributed by atoms with Gasteiger partial charge in [0, 0.05) is 10.7 Å². The summed E-state index contributed by atoms with van der Waals surface area (Å²) >= 11 is 5.91. The van der Waals surface area contributed by atoms with Crippen LogP contribution in [0.2, 0.25) is 5.02 Å². The first-order valence-corrected chi connectivity index (χ1v) is 6.49. The molecule has 2 N–H and O–H groups in total. The van der Waals surface area contributed by atoms with E-state index in [1.165, 1.54) is 0 Å². The molecule has 2 rings (SSSR count). The minimum Gasteiger partial charge on any atom is -0.495 e. The predicted molar refractivity (Wildman–Crippen MR) is 81.6 cm³/mol. The molecule has 0 bridgehead atoms. The van der Waals surface area contributed by atoms with Crippen molar-refractivity contribution in [3.63, 3.8) is 0 Å². The van der Waals surface area contributed by atoms with Gasteiger partial charge in [0.05, 0.1) is 19.3 Å². The summed E-state index contributed by atoms with van der Waals surface area (Å²) in [5.41, 5.74) is 1.44. The lowest BCUT2D eigenvalue weighted by molar-refractivity contribution is -0.114. The van der Waals surface area contributed by atoms with Crippen molar-refractivity contribution in [2.75, 3.05) is 24.3 Å². The molecule has 5 heteroatoms. The summed E-state index contributed by atoms with van der Waals surface area (Å²) in [6.45, 7) is 0.166. The Bertz CT molecular complexity index is 588.